The largest absolute Gasteiger partial charge is 0.417 e. The number of alkyl halides is 3. The van der Waals surface area contributed by atoms with E-state index in [1.165, 1.54) is 6.07 Å². The van der Waals surface area contributed by atoms with Crippen LogP contribution in [0.15, 0.2) is 29.2 Å². The zero-order chi connectivity index (χ0) is 22.0. The maximum atomic E-state index is 13.2. The van der Waals surface area contributed by atoms with E-state index in [1.807, 2.05) is 0 Å². The van der Waals surface area contributed by atoms with Crippen molar-refractivity contribution >= 4 is 21.6 Å². The van der Waals surface area contributed by atoms with Crippen molar-refractivity contribution in [3.63, 3.8) is 0 Å². The van der Waals surface area contributed by atoms with Crippen molar-refractivity contribution in [2.75, 3.05) is 13.1 Å². The quantitative estimate of drug-likeness (QED) is 0.647. The fourth-order valence-corrected chi connectivity index (χ4v) is 4.96. The Morgan fingerprint density at radius 2 is 1.72 bits per heavy atom. The predicted molar refractivity (Wildman–Crippen MR) is 96.9 cm³/mol. The van der Waals surface area contributed by atoms with E-state index >= 15 is 0 Å². The normalized spacial score (nSPS) is 17.7. The Hall–Kier alpha value is -2.25. The highest BCUT2D eigenvalue weighted by Crippen LogP contribution is 2.36. The molecule has 2 rings (SSSR count). The van der Waals surface area contributed by atoms with Gasteiger partial charge in [0.25, 0.3) is 0 Å². The van der Waals surface area contributed by atoms with Crippen molar-refractivity contribution in [2.45, 2.75) is 37.8 Å². The second-order valence-electron chi connectivity index (χ2n) is 7.19. The summed E-state index contributed by atoms with van der Waals surface area (Å²) in [4.78, 5) is 23.7. The molecule has 0 bridgehead atoms. The zero-order valence-corrected chi connectivity index (χ0v) is 16.8. The standard InChI is InChI=1S/C19H21F3N2O4S/c1-12(2)17(25)14(11-23)18(26)13-7-9-24(10-8-13)29(27,28)16-6-4-3-5-15(16)19(20,21)22/h3-6,12-14H,7-10H2,1-2H3. The summed E-state index contributed by atoms with van der Waals surface area (Å²) in [6, 6.07) is 5.65. The molecule has 0 N–H and O–H groups in total. The first-order valence-corrected chi connectivity index (χ1v) is 10.5. The number of ketones is 2. The van der Waals surface area contributed by atoms with Crippen LogP contribution in [0.5, 0.6) is 0 Å². The third kappa shape index (κ3) is 4.85. The molecule has 1 aromatic rings. The summed E-state index contributed by atoms with van der Waals surface area (Å²) < 4.78 is 66.0. The van der Waals surface area contributed by atoms with Crippen LogP contribution in [0.4, 0.5) is 13.2 Å². The number of sulfonamides is 1. The van der Waals surface area contributed by atoms with Crippen molar-refractivity contribution in [3.05, 3.63) is 29.8 Å². The molecule has 1 aliphatic heterocycles. The number of carbonyl (C=O) groups excluding carboxylic acids is 2. The number of benzene rings is 1. The lowest BCUT2D eigenvalue weighted by molar-refractivity contribution is -0.140. The van der Waals surface area contributed by atoms with Crippen LogP contribution in [0.2, 0.25) is 0 Å². The summed E-state index contributed by atoms with van der Waals surface area (Å²) >= 11 is 0. The molecule has 158 valence electrons. The lowest BCUT2D eigenvalue weighted by Crippen LogP contribution is -2.42. The molecule has 29 heavy (non-hydrogen) atoms. The minimum atomic E-state index is -4.82. The molecule has 1 aromatic carbocycles. The number of nitrogens with zero attached hydrogens (tertiary/aromatic N) is 2. The van der Waals surface area contributed by atoms with Crippen LogP contribution in [0, 0.1) is 29.1 Å². The fourth-order valence-electron chi connectivity index (χ4n) is 3.28. The van der Waals surface area contributed by atoms with Crippen LogP contribution in [0.3, 0.4) is 0 Å². The molecule has 0 spiro atoms. The van der Waals surface area contributed by atoms with E-state index in [2.05, 4.69) is 0 Å². The summed E-state index contributed by atoms with van der Waals surface area (Å²) in [5, 5.41) is 9.18. The second kappa shape index (κ2) is 8.63. The van der Waals surface area contributed by atoms with Gasteiger partial charge in [0.1, 0.15) is 0 Å². The van der Waals surface area contributed by atoms with Gasteiger partial charge in [-0.3, -0.25) is 9.59 Å². The first-order valence-electron chi connectivity index (χ1n) is 9.04. The molecule has 1 heterocycles. The van der Waals surface area contributed by atoms with E-state index in [0.717, 1.165) is 16.4 Å². The molecule has 1 aliphatic rings. The van der Waals surface area contributed by atoms with Gasteiger partial charge in [0.15, 0.2) is 17.5 Å². The number of carbonyl (C=O) groups is 2. The lowest BCUT2D eigenvalue weighted by Gasteiger charge is -2.31. The molecule has 0 amide bonds. The number of nitriles is 1. The predicted octanol–water partition coefficient (Wildman–Crippen LogP) is 3.04. The van der Waals surface area contributed by atoms with Gasteiger partial charge in [-0.1, -0.05) is 26.0 Å². The third-order valence-electron chi connectivity index (χ3n) is 4.93. The number of hydrogen-bond donors (Lipinski definition) is 0. The molecule has 0 saturated carbocycles. The van der Waals surface area contributed by atoms with Gasteiger partial charge in [-0.15, -0.1) is 0 Å². The highest BCUT2D eigenvalue weighted by molar-refractivity contribution is 7.89. The smallest absolute Gasteiger partial charge is 0.297 e. The Bertz CT molecular complexity index is 928. The van der Waals surface area contributed by atoms with Gasteiger partial charge in [-0.05, 0) is 25.0 Å². The van der Waals surface area contributed by atoms with Crippen molar-refractivity contribution < 1.29 is 31.2 Å². The summed E-state index contributed by atoms with van der Waals surface area (Å²) in [6.45, 7) is 2.82. The number of Topliss-reactive ketones (excluding diaryl/α,β-unsaturated/α-hetero) is 2. The Morgan fingerprint density at radius 3 is 2.21 bits per heavy atom. The Kier molecular flexibility index (Phi) is 6.86. The van der Waals surface area contributed by atoms with Gasteiger partial charge in [0.2, 0.25) is 10.0 Å². The first-order chi connectivity index (χ1) is 13.4. The molecule has 0 radical (unpaired) electrons. The Balaban J connectivity index is 2.18. The van der Waals surface area contributed by atoms with Crippen LogP contribution in [0.25, 0.3) is 0 Å². The molecular formula is C19H21F3N2O4S. The maximum absolute atomic E-state index is 13.2. The van der Waals surface area contributed by atoms with Gasteiger partial charge in [0, 0.05) is 24.9 Å². The van der Waals surface area contributed by atoms with E-state index in [1.54, 1.807) is 19.9 Å². The Morgan fingerprint density at radius 1 is 1.17 bits per heavy atom. The summed E-state index contributed by atoms with van der Waals surface area (Å²) in [5.41, 5.74) is -1.25. The van der Waals surface area contributed by atoms with E-state index in [-0.39, 0.29) is 25.9 Å². The first kappa shape index (κ1) is 23.0. The minimum Gasteiger partial charge on any atom is -0.297 e. The zero-order valence-electron chi connectivity index (χ0n) is 15.9. The van der Waals surface area contributed by atoms with Gasteiger partial charge >= 0.3 is 6.18 Å². The number of hydrogen-bond acceptors (Lipinski definition) is 5. The molecule has 1 fully saturated rings. The molecule has 6 nitrogen and oxygen atoms in total. The van der Waals surface area contributed by atoms with Crippen molar-refractivity contribution in [2.24, 2.45) is 17.8 Å². The SMILES string of the molecule is CC(C)C(=O)C(C#N)C(=O)C1CCN(S(=O)(=O)c2ccccc2C(F)(F)F)CC1. The van der Waals surface area contributed by atoms with E-state index in [0.29, 0.717) is 6.07 Å². The highest BCUT2D eigenvalue weighted by atomic mass is 32.2. The molecule has 0 aromatic heterocycles. The average Bonchev–Trinajstić information content (AvgIpc) is 2.67. The molecule has 1 unspecified atom stereocenters. The van der Waals surface area contributed by atoms with Gasteiger partial charge in [-0.25, -0.2) is 8.42 Å². The van der Waals surface area contributed by atoms with Crippen LogP contribution in [0.1, 0.15) is 32.3 Å². The molecule has 10 heteroatoms. The van der Waals surface area contributed by atoms with E-state index in [9.17, 15) is 36.4 Å². The van der Waals surface area contributed by atoms with E-state index < -0.39 is 56.0 Å². The monoisotopic (exact) mass is 430 g/mol. The van der Waals surface area contributed by atoms with Crippen molar-refractivity contribution in [1.82, 2.24) is 4.31 Å². The maximum Gasteiger partial charge on any atom is 0.417 e. The number of piperidine rings is 1. The van der Waals surface area contributed by atoms with Crippen molar-refractivity contribution in [3.8, 4) is 6.07 Å². The van der Waals surface area contributed by atoms with Crippen molar-refractivity contribution in [1.29, 1.82) is 5.26 Å². The van der Waals surface area contributed by atoms with Gasteiger partial charge in [-0.2, -0.15) is 22.7 Å². The second-order valence-corrected chi connectivity index (χ2v) is 9.10. The Labute approximate surface area is 167 Å². The van der Waals surface area contributed by atoms with Crippen LogP contribution in [-0.2, 0) is 25.8 Å². The average molecular weight is 430 g/mol. The molecule has 1 saturated heterocycles. The number of halogens is 3. The fraction of sp³-hybridized carbons (Fsp3) is 0.526. The van der Waals surface area contributed by atoms with Crippen LogP contribution in [-0.4, -0.2) is 37.4 Å². The number of rotatable bonds is 6. The third-order valence-corrected chi connectivity index (χ3v) is 6.89. The highest BCUT2D eigenvalue weighted by Gasteiger charge is 2.41. The molecular weight excluding hydrogens is 409 g/mol. The van der Waals surface area contributed by atoms with Crippen LogP contribution >= 0.6 is 0 Å². The summed E-state index contributed by atoms with van der Waals surface area (Å²) in [7, 11) is -4.41. The summed E-state index contributed by atoms with van der Waals surface area (Å²) in [5.74, 6) is -3.64. The van der Waals surface area contributed by atoms with Gasteiger partial charge < -0.3 is 0 Å². The molecule has 0 aliphatic carbocycles. The topological polar surface area (TPSA) is 95.3 Å². The van der Waals surface area contributed by atoms with Gasteiger partial charge in [0.05, 0.1) is 16.5 Å². The van der Waals surface area contributed by atoms with E-state index in [4.69, 9.17) is 0 Å². The minimum absolute atomic E-state index is 0.0375. The van der Waals surface area contributed by atoms with Crippen LogP contribution < -0.4 is 0 Å². The molecule has 1 atom stereocenters. The summed E-state index contributed by atoms with van der Waals surface area (Å²) in [6.07, 6.45) is -4.75. The lowest BCUT2D eigenvalue weighted by atomic mass is 9.82.